The molecule has 1 aromatic carbocycles. The standard InChI is InChI=1S/C11H8BrClFN/c1-5-6(2)15-11-8(10(5)13)3-7(12)4-9(11)14/h3-4H,1-2H3. The molecule has 1 heterocycles. The van der Waals surface area contributed by atoms with Crippen molar-refractivity contribution in [2.45, 2.75) is 13.8 Å². The average Bonchev–Trinajstić information content (AvgIpc) is 2.17. The Kier molecular flexibility index (Phi) is 2.69. The Bertz CT molecular complexity index is 554. The van der Waals surface area contributed by atoms with E-state index in [0.29, 0.717) is 20.4 Å². The third-order valence-electron chi connectivity index (χ3n) is 2.42. The van der Waals surface area contributed by atoms with Gasteiger partial charge in [0.2, 0.25) is 0 Å². The summed E-state index contributed by atoms with van der Waals surface area (Å²) in [4.78, 5) is 4.20. The van der Waals surface area contributed by atoms with Gasteiger partial charge in [0.05, 0.1) is 5.02 Å². The van der Waals surface area contributed by atoms with Crippen molar-refractivity contribution >= 4 is 38.4 Å². The number of rotatable bonds is 0. The quantitative estimate of drug-likeness (QED) is 0.700. The van der Waals surface area contributed by atoms with Gasteiger partial charge in [0.1, 0.15) is 5.52 Å². The molecule has 0 aliphatic heterocycles. The lowest BCUT2D eigenvalue weighted by Crippen LogP contribution is -1.93. The minimum Gasteiger partial charge on any atom is -0.250 e. The van der Waals surface area contributed by atoms with Crippen LogP contribution in [0.15, 0.2) is 16.6 Å². The fourth-order valence-corrected chi connectivity index (χ4v) is 2.17. The molecule has 0 saturated carbocycles. The molecule has 4 heteroatoms. The van der Waals surface area contributed by atoms with E-state index >= 15 is 0 Å². The number of hydrogen-bond acceptors (Lipinski definition) is 1. The molecule has 0 aliphatic carbocycles. The number of pyridine rings is 1. The smallest absolute Gasteiger partial charge is 0.150 e. The van der Waals surface area contributed by atoms with Crippen LogP contribution >= 0.6 is 27.5 Å². The maximum Gasteiger partial charge on any atom is 0.150 e. The molecule has 0 fully saturated rings. The Labute approximate surface area is 100 Å². The van der Waals surface area contributed by atoms with E-state index in [1.807, 2.05) is 13.8 Å². The molecule has 0 N–H and O–H groups in total. The lowest BCUT2D eigenvalue weighted by atomic mass is 10.1. The summed E-state index contributed by atoms with van der Waals surface area (Å²) in [7, 11) is 0. The van der Waals surface area contributed by atoms with E-state index in [2.05, 4.69) is 20.9 Å². The van der Waals surface area contributed by atoms with E-state index < -0.39 is 0 Å². The molecule has 1 aromatic heterocycles. The molecule has 0 unspecified atom stereocenters. The molecule has 2 rings (SSSR count). The topological polar surface area (TPSA) is 12.9 Å². The third-order valence-corrected chi connectivity index (χ3v) is 3.36. The summed E-state index contributed by atoms with van der Waals surface area (Å²) < 4.78 is 14.3. The maximum atomic E-state index is 13.6. The zero-order chi connectivity index (χ0) is 11.2. The van der Waals surface area contributed by atoms with Crippen molar-refractivity contribution in [1.82, 2.24) is 4.98 Å². The van der Waals surface area contributed by atoms with Crippen molar-refractivity contribution in [2.75, 3.05) is 0 Å². The first kappa shape index (κ1) is 10.8. The fourth-order valence-electron chi connectivity index (χ4n) is 1.46. The van der Waals surface area contributed by atoms with Gasteiger partial charge in [-0.05, 0) is 31.5 Å². The average molecular weight is 289 g/mol. The molecule has 1 nitrogen and oxygen atoms in total. The number of aryl methyl sites for hydroxylation is 1. The second kappa shape index (κ2) is 3.72. The molecule has 15 heavy (non-hydrogen) atoms. The van der Waals surface area contributed by atoms with Crippen molar-refractivity contribution in [3.63, 3.8) is 0 Å². The Morgan fingerprint density at radius 1 is 1.33 bits per heavy atom. The van der Waals surface area contributed by atoms with Crippen LogP contribution in [-0.4, -0.2) is 4.98 Å². The van der Waals surface area contributed by atoms with E-state index in [1.54, 1.807) is 6.07 Å². The number of nitrogens with zero attached hydrogens (tertiary/aromatic N) is 1. The van der Waals surface area contributed by atoms with Crippen molar-refractivity contribution in [3.8, 4) is 0 Å². The monoisotopic (exact) mass is 287 g/mol. The third kappa shape index (κ3) is 1.74. The van der Waals surface area contributed by atoms with E-state index in [-0.39, 0.29) is 5.82 Å². The molecular formula is C11H8BrClFN. The molecule has 0 atom stereocenters. The van der Waals surface area contributed by atoms with Crippen LogP contribution in [0, 0.1) is 19.7 Å². The van der Waals surface area contributed by atoms with E-state index in [1.165, 1.54) is 6.07 Å². The van der Waals surface area contributed by atoms with Crippen molar-refractivity contribution in [2.24, 2.45) is 0 Å². The highest BCUT2D eigenvalue weighted by molar-refractivity contribution is 9.10. The van der Waals surface area contributed by atoms with Gasteiger partial charge in [-0.15, -0.1) is 0 Å². The summed E-state index contributed by atoms with van der Waals surface area (Å²) in [6, 6.07) is 3.17. The van der Waals surface area contributed by atoms with Crippen molar-refractivity contribution in [3.05, 3.63) is 38.7 Å². The fraction of sp³-hybridized carbons (Fsp3) is 0.182. The Hall–Kier alpha value is -0.670. The van der Waals surface area contributed by atoms with Crippen LogP contribution in [-0.2, 0) is 0 Å². The minimum absolute atomic E-state index is 0.325. The molecule has 2 aromatic rings. The van der Waals surface area contributed by atoms with Crippen LogP contribution in [0.4, 0.5) is 4.39 Å². The van der Waals surface area contributed by atoms with Gasteiger partial charge >= 0.3 is 0 Å². The molecule has 0 saturated heterocycles. The molecule has 78 valence electrons. The Morgan fingerprint density at radius 3 is 2.67 bits per heavy atom. The largest absolute Gasteiger partial charge is 0.250 e. The molecule has 0 aliphatic rings. The molecule has 0 bridgehead atoms. The predicted octanol–water partition coefficient (Wildman–Crippen LogP) is 4.41. The van der Waals surface area contributed by atoms with Gasteiger partial charge in [-0.1, -0.05) is 27.5 Å². The van der Waals surface area contributed by atoms with Gasteiger partial charge in [-0.2, -0.15) is 0 Å². The first-order chi connectivity index (χ1) is 7.00. The van der Waals surface area contributed by atoms with Gasteiger partial charge in [0.15, 0.2) is 5.82 Å². The first-order valence-corrected chi connectivity index (χ1v) is 5.59. The van der Waals surface area contributed by atoms with Crippen LogP contribution < -0.4 is 0 Å². The summed E-state index contributed by atoms with van der Waals surface area (Å²) >= 11 is 9.38. The van der Waals surface area contributed by atoms with Crippen LogP contribution in [0.5, 0.6) is 0 Å². The normalized spacial score (nSPS) is 11.0. The first-order valence-electron chi connectivity index (χ1n) is 4.42. The number of fused-ring (bicyclic) bond motifs is 1. The second-order valence-corrected chi connectivity index (χ2v) is 4.71. The van der Waals surface area contributed by atoms with Gasteiger partial charge in [-0.3, -0.25) is 0 Å². The predicted molar refractivity (Wildman–Crippen MR) is 63.9 cm³/mol. The lowest BCUT2D eigenvalue weighted by molar-refractivity contribution is 0.635. The summed E-state index contributed by atoms with van der Waals surface area (Å²) in [5.74, 6) is -0.357. The summed E-state index contributed by atoms with van der Waals surface area (Å²) in [6.07, 6.45) is 0. The van der Waals surface area contributed by atoms with E-state index in [4.69, 9.17) is 11.6 Å². The highest BCUT2D eigenvalue weighted by atomic mass is 79.9. The van der Waals surface area contributed by atoms with Gasteiger partial charge < -0.3 is 0 Å². The minimum atomic E-state index is -0.357. The lowest BCUT2D eigenvalue weighted by Gasteiger charge is -2.07. The molecule has 0 spiro atoms. The number of aromatic nitrogens is 1. The van der Waals surface area contributed by atoms with Crippen LogP contribution in [0.1, 0.15) is 11.3 Å². The van der Waals surface area contributed by atoms with E-state index in [9.17, 15) is 4.39 Å². The van der Waals surface area contributed by atoms with Crippen LogP contribution in [0.25, 0.3) is 10.9 Å². The number of benzene rings is 1. The highest BCUT2D eigenvalue weighted by Gasteiger charge is 2.11. The molecule has 0 radical (unpaired) electrons. The Morgan fingerprint density at radius 2 is 2.00 bits per heavy atom. The van der Waals surface area contributed by atoms with Crippen molar-refractivity contribution < 1.29 is 4.39 Å². The zero-order valence-corrected chi connectivity index (χ0v) is 10.6. The summed E-state index contributed by atoms with van der Waals surface area (Å²) in [5.41, 5.74) is 1.97. The van der Waals surface area contributed by atoms with Crippen LogP contribution in [0.2, 0.25) is 5.02 Å². The van der Waals surface area contributed by atoms with Gasteiger partial charge in [-0.25, -0.2) is 9.37 Å². The highest BCUT2D eigenvalue weighted by Crippen LogP contribution is 2.31. The van der Waals surface area contributed by atoms with Gasteiger partial charge in [0.25, 0.3) is 0 Å². The zero-order valence-electron chi connectivity index (χ0n) is 8.24. The van der Waals surface area contributed by atoms with Crippen LogP contribution in [0.3, 0.4) is 0 Å². The maximum absolute atomic E-state index is 13.6. The number of hydrogen-bond donors (Lipinski definition) is 0. The molecule has 0 amide bonds. The molecular weight excluding hydrogens is 280 g/mol. The van der Waals surface area contributed by atoms with Crippen molar-refractivity contribution in [1.29, 1.82) is 0 Å². The summed E-state index contributed by atoms with van der Waals surface area (Å²) in [6.45, 7) is 3.70. The SMILES string of the molecule is Cc1nc2c(F)cc(Br)cc2c(Cl)c1C. The van der Waals surface area contributed by atoms with E-state index in [0.717, 1.165) is 11.3 Å². The second-order valence-electron chi connectivity index (χ2n) is 3.42. The number of halogens is 3. The summed E-state index contributed by atoms with van der Waals surface area (Å²) in [5, 5.41) is 1.21. The Balaban J connectivity index is 2.98. The van der Waals surface area contributed by atoms with Gasteiger partial charge in [0, 0.05) is 15.6 Å².